The van der Waals surface area contributed by atoms with Crippen LogP contribution in [0.3, 0.4) is 0 Å². The molecule has 0 spiro atoms. The third-order valence-corrected chi connectivity index (χ3v) is 5.32. The van der Waals surface area contributed by atoms with E-state index in [0.717, 1.165) is 36.9 Å². The van der Waals surface area contributed by atoms with Crippen molar-refractivity contribution in [3.05, 3.63) is 29.8 Å². The van der Waals surface area contributed by atoms with Gasteiger partial charge in [-0.1, -0.05) is 25.7 Å². The molecular formula is C17H22O3S. The van der Waals surface area contributed by atoms with Crippen LogP contribution >= 0.6 is 11.8 Å². The van der Waals surface area contributed by atoms with E-state index in [0.29, 0.717) is 10.8 Å². The first kappa shape index (κ1) is 16.1. The van der Waals surface area contributed by atoms with Gasteiger partial charge in [-0.2, -0.15) is 0 Å². The van der Waals surface area contributed by atoms with Crippen molar-refractivity contribution >= 4 is 24.0 Å². The normalized spacial score (nSPS) is 23.6. The average Bonchev–Trinajstić information content (AvgIpc) is 2.60. The molecule has 2 atom stereocenters. The summed E-state index contributed by atoms with van der Waals surface area (Å²) in [6, 6.07) is 7.04. The van der Waals surface area contributed by atoms with E-state index in [1.165, 1.54) is 19.3 Å². The van der Waals surface area contributed by atoms with E-state index < -0.39 is 5.97 Å². The van der Waals surface area contributed by atoms with E-state index in [1.54, 1.807) is 23.9 Å². The van der Waals surface area contributed by atoms with Gasteiger partial charge in [-0.05, 0) is 43.5 Å². The minimum absolute atomic E-state index is 0.180. The van der Waals surface area contributed by atoms with E-state index in [-0.39, 0.29) is 5.92 Å². The Morgan fingerprint density at radius 1 is 1.10 bits per heavy atom. The standard InChI is InChI=1S/C17H22O3S/c18-12-13-5-3-1-2-4-6-16(11-13)21-15-9-7-14(8-10-15)17(19)20/h7-10,12-13,16H,1-6,11H2,(H,19,20). The number of aromatic carboxylic acids is 1. The van der Waals surface area contributed by atoms with Gasteiger partial charge in [0.05, 0.1) is 5.56 Å². The van der Waals surface area contributed by atoms with E-state index in [4.69, 9.17) is 5.11 Å². The van der Waals surface area contributed by atoms with Gasteiger partial charge in [-0.25, -0.2) is 4.79 Å². The lowest BCUT2D eigenvalue weighted by Gasteiger charge is -2.18. The lowest BCUT2D eigenvalue weighted by Crippen LogP contribution is -2.11. The third-order valence-electron chi connectivity index (χ3n) is 4.01. The lowest BCUT2D eigenvalue weighted by atomic mass is 9.98. The van der Waals surface area contributed by atoms with Crippen molar-refractivity contribution in [2.75, 3.05) is 0 Å². The fourth-order valence-corrected chi connectivity index (χ4v) is 4.11. The summed E-state index contributed by atoms with van der Waals surface area (Å²) in [6.07, 6.45) is 9.07. The maximum atomic E-state index is 11.2. The molecule has 2 unspecified atom stereocenters. The van der Waals surface area contributed by atoms with Gasteiger partial charge in [-0.3, -0.25) is 0 Å². The average molecular weight is 306 g/mol. The highest BCUT2D eigenvalue weighted by atomic mass is 32.2. The number of carboxylic acid groups (broad SMARTS) is 1. The Morgan fingerprint density at radius 3 is 2.38 bits per heavy atom. The van der Waals surface area contributed by atoms with Crippen molar-refractivity contribution in [1.29, 1.82) is 0 Å². The third kappa shape index (κ3) is 5.20. The van der Waals surface area contributed by atoms with Crippen molar-refractivity contribution in [2.24, 2.45) is 5.92 Å². The van der Waals surface area contributed by atoms with Crippen LogP contribution in [0.25, 0.3) is 0 Å². The zero-order valence-electron chi connectivity index (χ0n) is 12.2. The van der Waals surface area contributed by atoms with Gasteiger partial charge >= 0.3 is 5.97 Å². The smallest absolute Gasteiger partial charge is 0.335 e. The molecular weight excluding hydrogens is 284 g/mol. The molecule has 1 fully saturated rings. The molecule has 0 aromatic heterocycles. The monoisotopic (exact) mass is 306 g/mol. The number of carbonyl (C=O) groups is 2. The predicted molar refractivity (Wildman–Crippen MR) is 84.9 cm³/mol. The van der Waals surface area contributed by atoms with E-state index in [1.807, 2.05) is 12.1 Å². The second kappa shape index (κ2) is 8.23. The van der Waals surface area contributed by atoms with Crippen LogP contribution in [-0.2, 0) is 4.79 Å². The Labute approximate surface area is 130 Å². The Balaban J connectivity index is 2.00. The van der Waals surface area contributed by atoms with Gasteiger partial charge in [0, 0.05) is 16.1 Å². The SMILES string of the molecule is O=CC1CCCCCCC(Sc2ccc(C(=O)O)cc2)C1. The first-order valence-electron chi connectivity index (χ1n) is 7.64. The van der Waals surface area contributed by atoms with E-state index in [2.05, 4.69) is 0 Å². The number of benzene rings is 1. The van der Waals surface area contributed by atoms with Crippen LogP contribution in [0, 0.1) is 5.92 Å². The second-order valence-electron chi connectivity index (χ2n) is 5.69. The summed E-state index contributed by atoms with van der Waals surface area (Å²) in [5.74, 6) is -0.714. The van der Waals surface area contributed by atoms with E-state index in [9.17, 15) is 9.59 Å². The van der Waals surface area contributed by atoms with Gasteiger partial charge < -0.3 is 9.90 Å². The first-order chi connectivity index (χ1) is 10.2. The quantitative estimate of drug-likeness (QED) is 0.837. The fourth-order valence-electron chi connectivity index (χ4n) is 2.80. The number of aldehydes is 1. The topological polar surface area (TPSA) is 54.4 Å². The van der Waals surface area contributed by atoms with Gasteiger partial charge in [-0.15, -0.1) is 11.8 Å². The van der Waals surface area contributed by atoms with Crippen LogP contribution in [0.15, 0.2) is 29.2 Å². The summed E-state index contributed by atoms with van der Waals surface area (Å²) < 4.78 is 0. The summed E-state index contributed by atoms with van der Waals surface area (Å²) in [5, 5.41) is 9.37. The molecule has 0 bridgehead atoms. The molecule has 1 aromatic rings. The highest BCUT2D eigenvalue weighted by Crippen LogP contribution is 2.33. The molecule has 3 nitrogen and oxygen atoms in total. The summed E-state index contributed by atoms with van der Waals surface area (Å²) in [6.45, 7) is 0. The van der Waals surface area contributed by atoms with Crippen molar-refractivity contribution in [3.8, 4) is 0 Å². The molecule has 0 amide bonds. The van der Waals surface area contributed by atoms with Crippen molar-refractivity contribution < 1.29 is 14.7 Å². The Bertz CT molecular complexity index is 469. The largest absolute Gasteiger partial charge is 0.478 e. The molecule has 0 saturated heterocycles. The molecule has 0 heterocycles. The molecule has 1 aromatic carbocycles. The molecule has 1 aliphatic rings. The Kier molecular flexibility index (Phi) is 6.30. The molecule has 1 aliphatic carbocycles. The summed E-state index contributed by atoms with van der Waals surface area (Å²) in [7, 11) is 0. The van der Waals surface area contributed by atoms with Crippen LogP contribution < -0.4 is 0 Å². The molecule has 1 saturated carbocycles. The minimum Gasteiger partial charge on any atom is -0.478 e. The molecule has 0 radical (unpaired) electrons. The number of thioether (sulfide) groups is 1. The Morgan fingerprint density at radius 2 is 1.76 bits per heavy atom. The predicted octanol–water partition coefficient (Wildman–Crippen LogP) is 4.40. The Hall–Kier alpha value is -1.29. The van der Waals surface area contributed by atoms with Gasteiger partial charge in [0.25, 0.3) is 0 Å². The van der Waals surface area contributed by atoms with Crippen LogP contribution in [0.5, 0.6) is 0 Å². The second-order valence-corrected chi connectivity index (χ2v) is 7.07. The number of carboxylic acids is 1. The molecule has 21 heavy (non-hydrogen) atoms. The van der Waals surface area contributed by atoms with E-state index >= 15 is 0 Å². The van der Waals surface area contributed by atoms with Gasteiger partial charge in [0.2, 0.25) is 0 Å². The van der Waals surface area contributed by atoms with Crippen LogP contribution in [-0.4, -0.2) is 22.6 Å². The number of rotatable bonds is 4. The minimum atomic E-state index is -0.894. The van der Waals surface area contributed by atoms with Crippen LogP contribution in [0.2, 0.25) is 0 Å². The molecule has 4 heteroatoms. The maximum absolute atomic E-state index is 11.2. The molecule has 1 N–H and O–H groups in total. The van der Waals surface area contributed by atoms with Gasteiger partial charge in [0.15, 0.2) is 0 Å². The van der Waals surface area contributed by atoms with Gasteiger partial charge in [0.1, 0.15) is 6.29 Å². The number of carbonyl (C=O) groups excluding carboxylic acids is 1. The zero-order valence-corrected chi connectivity index (χ0v) is 13.0. The fraction of sp³-hybridized carbons (Fsp3) is 0.529. The summed E-state index contributed by atoms with van der Waals surface area (Å²) in [5.41, 5.74) is 0.319. The summed E-state index contributed by atoms with van der Waals surface area (Å²) in [4.78, 5) is 23.1. The maximum Gasteiger partial charge on any atom is 0.335 e. The highest BCUT2D eigenvalue weighted by Gasteiger charge is 2.19. The lowest BCUT2D eigenvalue weighted by molar-refractivity contribution is -0.111. The zero-order chi connectivity index (χ0) is 15.1. The molecule has 114 valence electrons. The highest BCUT2D eigenvalue weighted by molar-refractivity contribution is 8.00. The first-order valence-corrected chi connectivity index (χ1v) is 8.52. The van der Waals surface area contributed by atoms with Crippen molar-refractivity contribution in [1.82, 2.24) is 0 Å². The number of hydrogen-bond donors (Lipinski definition) is 1. The van der Waals surface area contributed by atoms with Crippen molar-refractivity contribution in [2.45, 2.75) is 55.1 Å². The number of hydrogen-bond acceptors (Lipinski definition) is 3. The van der Waals surface area contributed by atoms with Crippen LogP contribution in [0.4, 0.5) is 0 Å². The molecule has 2 rings (SSSR count). The van der Waals surface area contributed by atoms with Crippen molar-refractivity contribution in [3.63, 3.8) is 0 Å². The van der Waals surface area contributed by atoms with Crippen LogP contribution in [0.1, 0.15) is 55.3 Å². The molecule has 0 aliphatic heterocycles. The summed E-state index contributed by atoms with van der Waals surface area (Å²) >= 11 is 1.78.